The quantitative estimate of drug-likeness (QED) is 0.0398. The van der Waals surface area contributed by atoms with Gasteiger partial charge in [0.2, 0.25) is 0 Å². The van der Waals surface area contributed by atoms with Crippen LogP contribution < -0.4 is 42.6 Å². The van der Waals surface area contributed by atoms with E-state index in [1.165, 1.54) is 54.1 Å². The Morgan fingerprint density at radius 2 is 1.25 bits per heavy atom. The first-order valence-corrected chi connectivity index (χ1v) is 33.8. The Hall–Kier alpha value is -11.7. The highest BCUT2D eigenvalue weighted by Gasteiger charge is 2.25. The number of unbranched alkanes of at least 4 members (excludes halogenated alkanes) is 7. The van der Waals surface area contributed by atoms with Crippen molar-refractivity contribution in [1.29, 1.82) is 10.5 Å². The molecule has 100 heavy (non-hydrogen) atoms. The van der Waals surface area contributed by atoms with Gasteiger partial charge in [-0.15, -0.1) is 0 Å². The second-order valence-corrected chi connectivity index (χ2v) is 25.2. The van der Waals surface area contributed by atoms with Crippen molar-refractivity contribution in [2.24, 2.45) is 7.05 Å². The lowest BCUT2D eigenvalue weighted by Crippen LogP contribution is -2.37. The van der Waals surface area contributed by atoms with E-state index in [4.69, 9.17) is 21.1 Å². The molecule has 12 rings (SSSR count). The number of anilines is 2. The van der Waals surface area contributed by atoms with Crippen LogP contribution in [0.5, 0.6) is 11.5 Å². The number of H-pyrrole nitrogens is 3. The molecule has 6 aromatic heterocycles. The predicted molar refractivity (Wildman–Crippen MR) is 393 cm³/mol. The van der Waals surface area contributed by atoms with E-state index in [0.29, 0.717) is 68.6 Å². The number of rotatable bonds is 22. The molecule has 0 radical (unpaired) electrons. The van der Waals surface area contributed by atoms with Gasteiger partial charge in [-0.2, -0.15) is 10.5 Å². The number of benzene rings is 6. The molecule has 2 atom stereocenters. The summed E-state index contributed by atoms with van der Waals surface area (Å²) in [6.07, 6.45) is 10.6. The van der Waals surface area contributed by atoms with E-state index < -0.39 is 23.6 Å². The maximum atomic E-state index is 13.4. The van der Waals surface area contributed by atoms with Gasteiger partial charge < -0.3 is 25.1 Å². The number of nitrogens with zero attached hydrogens (tertiary/aromatic N) is 7. The fourth-order valence-corrected chi connectivity index (χ4v) is 12.1. The number of ether oxygens (including phenoxy) is 2. The lowest BCUT2D eigenvalue weighted by Gasteiger charge is -2.19. The molecule has 20 nitrogen and oxygen atoms in total. The van der Waals surface area contributed by atoms with Gasteiger partial charge in [0.05, 0.1) is 16.4 Å². The number of aryl methyl sites for hydroxylation is 4. The molecule has 0 fully saturated rings. The Bertz CT molecular complexity index is 5280. The Balaban J connectivity index is 0.000000165. The van der Waals surface area contributed by atoms with Crippen molar-refractivity contribution < 1.29 is 19.1 Å². The summed E-state index contributed by atoms with van der Waals surface area (Å²) in [6.45, 7) is 13.8. The summed E-state index contributed by atoms with van der Waals surface area (Å²) >= 11 is 6.41. The van der Waals surface area contributed by atoms with E-state index in [1.807, 2.05) is 163 Å². The van der Waals surface area contributed by atoms with Crippen LogP contribution >= 0.6 is 11.6 Å². The SMILES string of the molecule is CCC(Oc1ccc(C)cc1C)C(=O)Nc1cccc(-c2cc3[nH]c(=O)n(C)c(=O)n3c2C#N)c1.CCCCCCCCCCC(Oc1ccc(C)cc1Cl)C(=O)Nc1cc(=O)n2[nH]c(-c3ccccc3)cc2n1.Cc1ccc(-c2[nH]c3c(C#N)c(-c4ccccc4)cn3c(=O)c2C)cc1. The largest absolute Gasteiger partial charge is 0.480 e. The molecule has 2 amide bonds. The number of amides is 2. The molecular formula is C79H79ClN12O8. The normalized spacial score (nSPS) is 11.6. The number of carbonyl (C=O) groups excluding carboxylic acids is 2. The maximum absolute atomic E-state index is 13.4. The van der Waals surface area contributed by atoms with Crippen molar-refractivity contribution in [3.05, 3.63) is 256 Å². The van der Waals surface area contributed by atoms with Crippen LogP contribution in [0.1, 0.15) is 117 Å². The van der Waals surface area contributed by atoms with Crippen LogP contribution in [0.4, 0.5) is 11.5 Å². The third-order valence-electron chi connectivity index (χ3n) is 17.3. The van der Waals surface area contributed by atoms with E-state index in [0.717, 1.165) is 84.1 Å². The fraction of sp³-hybridized carbons (Fsp3) is 0.253. The molecule has 0 spiro atoms. The lowest BCUT2D eigenvalue weighted by atomic mass is 10.0. The molecule has 12 aromatic rings. The van der Waals surface area contributed by atoms with Gasteiger partial charge in [0.1, 0.15) is 52.0 Å². The fourth-order valence-electron chi connectivity index (χ4n) is 11.8. The number of nitriles is 2. The summed E-state index contributed by atoms with van der Waals surface area (Å²) in [5.41, 5.74) is 11.5. The number of aromatic amines is 3. The Morgan fingerprint density at radius 1 is 0.620 bits per heavy atom. The van der Waals surface area contributed by atoms with Crippen LogP contribution in [0.2, 0.25) is 5.02 Å². The van der Waals surface area contributed by atoms with Crippen LogP contribution in [0.15, 0.2) is 189 Å². The van der Waals surface area contributed by atoms with E-state index in [-0.39, 0.29) is 40.1 Å². The highest BCUT2D eigenvalue weighted by molar-refractivity contribution is 6.32. The van der Waals surface area contributed by atoms with Crippen molar-refractivity contribution in [3.8, 4) is 68.4 Å². The zero-order valence-corrected chi connectivity index (χ0v) is 57.9. The van der Waals surface area contributed by atoms with Gasteiger partial charge in [-0.1, -0.05) is 197 Å². The summed E-state index contributed by atoms with van der Waals surface area (Å²) in [4.78, 5) is 87.1. The minimum absolute atomic E-state index is 0.0879. The highest BCUT2D eigenvalue weighted by atomic mass is 35.5. The molecule has 0 aliphatic rings. The van der Waals surface area contributed by atoms with Gasteiger partial charge in [-0.25, -0.2) is 28.1 Å². The third-order valence-corrected chi connectivity index (χ3v) is 17.6. The Morgan fingerprint density at radius 3 is 1.91 bits per heavy atom. The van der Waals surface area contributed by atoms with E-state index in [1.54, 1.807) is 48.7 Å². The van der Waals surface area contributed by atoms with Gasteiger partial charge in [-0.3, -0.25) is 33.7 Å². The van der Waals surface area contributed by atoms with Crippen LogP contribution in [0.25, 0.3) is 61.7 Å². The molecule has 0 saturated carbocycles. The van der Waals surface area contributed by atoms with Crippen molar-refractivity contribution in [2.75, 3.05) is 10.6 Å². The first-order valence-electron chi connectivity index (χ1n) is 33.4. The van der Waals surface area contributed by atoms with Crippen LogP contribution in [-0.2, 0) is 16.6 Å². The maximum Gasteiger partial charge on any atom is 0.338 e. The first kappa shape index (κ1) is 71.0. The molecule has 5 N–H and O–H groups in total. The molecule has 2 unspecified atom stereocenters. The summed E-state index contributed by atoms with van der Waals surface area (Å²) in [5.74, 6) is 0.642. The number of carbonyl (C=O) groups is 2. The summed E-state index contributed by atoms with van der Waals surface area (Å²) < 4.78 is 17.0. The predicted octanol–water partition coefficient (Wildman–Crippen LogP) is 15.3. The molecule has 6 heterocycles. The van der Waals surface area contributed by atoms with Gasteiger partial charge in [0.25, 0.3) is 22.9 Å². The van der Waals surface area contributed by atoms with Gasteiger partial charge in [0.15, 0.2) is 17.9 Å². The number of aromatic nitrogens is 8. The highest BCUT2D eigenvalue weighted by Crippen LogP contribution is 2.32. The zero-order valence-electron chi connectivity index (χ0n) is 57.2. The van der Waals surface area contributed by atoms with Crippen LogP contribution in [0.3, 0.4) is 0 Å². The van der Waals surface area contributed by atoms with Crippen molar-refractivity contribution >= 4 is 51.9 Å². The monoisotopic (exact) mass is 1360 g/mol. The van der Waals surface area contributed by atoms with E-state index in [2.05, 4.69) is 43.7 Å². The topological polar surface area (TPSA) is 271 Å². The number of hydrogen-bond donors (Lipinski definition) is 5. The third kappa shape index (κ3) is 16.6. The van der Waals surface area contributed by atoms with Crippen molar-refractivity contribution in [1.82, 2.24) is 37.9 Å². The smallest absolute Gasteiger partial charge is 0.338 e. The molecule has 510 valence electrons. The van der Waals surface area contributed by atoms with E-state index >= 15 is 0 Å². The van der Waals surface area contributed by atoms with Crippen molar-refractivity contribution in [2.45, 2.75) is 125 Å². The standard InChI is InChI=1S/C31H37ClN4O3.C26H25N5O4.C22H17N3O/c1-3-4-5-6-7-8-9-13-16-27(39-26-18-17-22(2)19-24(26)32)31(38)34-28-21-30(37)36-29(33-28)20-25(35-36)23-14-11-10-12-15-23;1-5-21(35-22-10-9-15(2)11-16(22)3)24(32)28-18-8-6-7-17(12-18)19-13-23-29-25(33)30(4)26(34)31(23)20(19)14-27;1-14-8-10-17(11-9-14)20-15(2)22(26)25-13-19(16-6-4-3-5-7-16)18(12-23)21(25)24-20/h10-12,14-15,17-21,27,35H,3-9,13,16H2,1-2H3,(H,34,38);6-13,21H,5H2,1-4H3,(H,28,32)(H,29,33);3-11,13,24H,1-2H3. The first-order chi connectivity index (χ1) is 48.3. The summed E-state index contributed by atoms with van der Waals surface area (Å²) in [5, 5.41) is 28.7. The minimum Gasteiger partial charge on any atom is -0.480 e. The molecular weight excluding hydrogens is 1280 g/mol. The molecule has 0 aliphatic carbocycles. The number of halogens is 1. The number of nitrogens with one attached hydrogen (secondary N) is 5. The molecule has 0 aliphatic heterocycles. The van der Waals surface area contributed by atoms with Crippen LogP contribution in [-0.4, -0.2) is 62.0 Å². The Kier molecular flexibility index (Phi) is 23.1. The molecule has 21 heteroatoms. The van der Waals surface area contributed by atoms with Gasteiger partial charge in [-0.05, 0) is 124 Å². The molecule has 6 aromatic carbocycles. The van der Waals surface area contributed by atoms with Gasteiger partial charge >= 0.3 is 11.4 Å². The summed E-state index contributed by atoms with van der Waals surface area (Å²) in [7, 11) is 1.34. The van der Waals surface area contributed by atoms with E-state index in [9.17, 15) is 39.3 Å². The minimum atomic E-state index is -0.767. The average molecular weight is 1360 g/mol. The number of hydrogen-bond acceptors (Lipinski definition) is 11. The summed E-state index contributed by atoms with van der Waals surface area (Å²) in [6, 6.07) is 54.5. The second kappa shape index (κ2) is 32.5. The Labute approximate surface area is 583 Å². The second-order valence-electron chi connectivity index (χ2n) is 24.8. The molecule has 0 saturated heterocycles. The van der Waals surface area contributed by atoms with Crippen LogP contribution in [0, 0.1) is 57.3 Å². The lowest BCUT2D eigenvalue weighted by molar-refractivity contribution is -0.123. The number of fused-ring (bicyclic) bond motifs is 3. The zero-order chi connectivity index (χ0) is 71.1. The van der Waals surface area contributed by atoms with Gasteiger partial charge in [0, 0.05) is 47.8 Å². The van der Waals surface area contributed by atoms with Crippen molar-refractivity contribution in [3.63, 3.8) is 0 Å². The average Bonchev–Trinajstić information content (AvgIpc) is 1.60. The molecule has 0 bridgehead atoms.